The standard InChI is InChI=1S/C17H16N2O3S/c1-12-3-2-7-19-15(20)9-14(18-17(12)19)10-22-16(21)5-4-13-6-8-23-11-13/h2-3,6-9,11H,4-5,10H2,1H3. The number of nitrogens with zero attached hydrogens (tertiary/aromatic N) is 2. The summed E-state index contributed by atoms with van der Waals surface area (Å²) in [7, 11) is 0. The Hall–Kier alpha value is -2.47. The van der Waals surface area contributed by atoms with Crippen LogP contribution in [0.15, 0.2) is 46.0 Å². The van der Waals surface area contributed by atoms with E-state index in [-0.39, 0.29) is 18.1 Å². The van der Waals surface area contributed by atoms with Crippen LogP contribution in [-0.4, -0.2) is 15.4 Å². The van der Waals surface area contributed by atoms with Gasteiger partial charge in [-0.05, 0) is 47.4 Å². The van der Waals surface area contributed by atoms with Crippen molar-refractivity contribution in [3.05, 3.63) is 68.4 Å². The highest BCUT2D eigenvalue weighted by atomic mass is 32.1. The molecule has 6 heteroatoms. The van der Waals surface area contributed by atoms with Crippen LogP contribution in [0.2, 0.25) is 0 Å². The van der Waals surface area contributed by atoms with E-state index in [2.05, 4.69) is 4.98 Å². The van der Waals surface area contributed by atoms with Gasteiger partial charge in [0, 0.05) is 18.7 Å². The minimum absolute atomic E-state index is 0.0164. The first kappa shape index (κ1) is 15.4. The lowest BCUT2D eigenvalue weighted by Crippen LogP contribution is -2.17. The van der Waals surface area contributed by atoms with Crippen molar-refractivity contribution >= 4 is 23.0 Å². The SMILES string of the molecule is Cc1cccn2c(=O)cc(COC(=O)CCc3ccsc3)nc12. The summed E-state index contributed by atoms with van der Waals surface area (Å²) in [5, 5.41) is 4.00. The maximum Gasteiger partial charge on any atom is 0.306 e. The van der Waals surface area contributed by atoms with E-state index in [4.69, 9.17) is 4.74 Å². The lowest BCUT2D eigenvalue weighted by atomic mass is 10.2. The summed E-state index contributed by atoms with van der Waals surface area (Å²) in [6, 6.07) is 7.08. The fourth-order valence-corrected chi connectivity index (χ4v) is 2.99. The van der Waals surface area contributed by atoms with Crippen molar-refractivity contribution in [2.24, 2.45) is 0 Å². The molecule has 3 rings (SSSR count). The maximum atomic E-state index is 12.1. The van der Waals surface area contributed by atoms with E-state index in [0.29, 0.717) is 24.2 Å². The van der Waals surface area contributed by atoms with Crippen molar-refractivity contribution in [1.82, 2.24) is 9.38 Å². The van der Waals surface area contributed by atoms with Crippen LogP contribution < -0.4 is 5.56 Å². The topological polar surface area (TPSA) is 60.7 Å². The smallest absolute Gasteiger partial charge is 0.306 e. The molecular formula is C17H16N2O3S. The van der Waals surface area contributed by atoms with Crippen molar-refractivity contribution < 1.29 is 9.53 Å². The van der Waals surface area contributed by atoms with E-state index in [9.17, 15) is 9.59 Å². The summed E-state index contributed by atoms with van der Waals surface area (Å²) < 4.78 is 6.71. The van der Waals surface area contributed by atoms with Crippen LogP contribution in [0.5, 0.6) is 0 Å². The number of hydrogen-bond acceptors (Lipinski definition) is 5. The van der Waals surface area contributed by atoms with E-state index in [1.165, 1.54) is 10.5 Å². The third kappa shape index (κ3) is 3.65. The molecule has 0 aromatic carbocycles. The summed E-state index contributed by atoms with van der Waals surface area (Å²) in [4.78, 5) is 28.3. The molecule has 0 saturated heterocycles. The fraction of sp³-hybridized carbons (Fsp3) is 0.235. The Morgan fingerprint density at radius 1 is 1.39 bits per heavy atom. The number of carbonyl (C=O) groups excluding carboxylic acids is 1. The highest BCUT2D eigenvalue weighted by Gasteiger charge is 2.08. The second-order valence-electron chi connectivity index (χ2n) is 5.26. The number of aryl methyl sites for hydroxylation is 2. The van der Waals surface area contributed by atoms with E-state index >= 15 is 0 Å². The first-order valence-corrected chi connectivity index (χ1v) is 8.22. The fourth-order valence-electron chi connectivity index (χ4n) is 2.29. The van der Waals surface area contributed by atoms with E-state index in [1.54, 1.807) is 23.6 Å². The van der Waals surface area contributed by atoms with Gasteiger partial charge in [-0.1, -0.05) is 6.07 Å². The Bertz CT molecular complexity index is 884. The number of esters is 1. The molecule has 0 radical (unpaired) electrons. The number of rotatable bonds is 5. The van der Waals surface area contributed by atoms with Crippen molar-refractivity contribution in [2.75, 3.05) is 0 Å². The second-order valence-corrected chi connectivity index (χ2v) is 6.04. The van der Waals surface area contributed by atoms with Gasteiger partial charge in [-0.15, -0.1) is 0 Å². The predicted molar refractivity (Wildman–Crippen MR) is 88.6 cm³/mol. The summed E-state index contributed by atoms with van der Waals surface area (Å²) in [5.41, 5.74) is 2.90. The van der Waals surface area contributed by atoms with Gasteiger partial charge in [-0.2, -0.15) is 11.3 Å². The van der Waals surface area contributed by atoms with Crippen LogP contribution >= 0.6 is 11.3 Å². The molecule has 0 aliphatic rings. The molecule has 23 heavy (non-hydrogen) atoms. The molecule has 0 unspecified atom stereocenters. The number of fused-ring (bicyclic) bond motifs is 1. The van der Waals surface area contributed by atoms with Gasteiger partial charge in [0.2, 0.25) is 0 Å². The molecule has 3 aromatic heterocycles. The van der Waals surface area contributed by atoms with E-state index < -0.39 is 0 Å². The van der Waals surface area contributed by atoms with Gasteiger partial charge in [0.1, 0.15) is 12.3 Å². The molecule has 0 amide bonds. The summed E-state index contributed by atoms with van der Waals surface area (Å²) >= 11 is 1.61. The molecule has 0 aliphatic carbocycles. The van der Waals surface area contributed by atoms with Crippen LogP contribution in [0.4, 0.5) is 0 Å². The summed E-state index contributed by atoms with van der Waals surface area (Å²) in [6.07, 6.45) is 2.66. The number of aromatic nitrogens is 2. The average molecular weight is 328 g/mol. The van der Waals surface area contributed by atoms with Crippen LogP contribution in [0.1, 0.15) is 23.2 Å². The molecular weight excluding hydrogens is 312 g/mol. The van der Waals surface area contributed by atoms with Crippen LogP contribution in [-0.2, 0) is 22.6 Å². The Labute approximate surface area is 137 Å². The zero-order chi connectivity index (χ0) is 16.2. The van der Waals surface area contributed by atoms with E-state index in [1.807, 2.05) is 29.8 Å². The maximum absolute atomic E-state index is 12.1. The third-order valence-electron chi connectivity index (χ3n) is 3.52. The number of ether oxygens (including phenoxy) is 1. The van der Waals surface area contributed by atoms with Gasteiger partial charge in [-0.3, -0.25) is 14.0 Å². The molecule has 3 aromatic rings. The van der Waals surface area contributed by atoms with Gasteiger partial charge in [0.15, 0.2) is 0 Å². The Morgan fingerprint density at radius 3 is 3.04 bits per heavy atom. The zero-order valence-electron chi connectivity index (χ0n) is 12.7. The van der Waals surface area contributed by atoms with Gasteiger partial charge >= 0.3 is 5.97 Å². The Kier molecular flexibility index (Phi) is 4.52. The monoisotopic (exact) mass is 328 g/mol. The minimum atomic E-state index is -0.289. The zero-order valence-corrected chi connectivity index (χ0v) is 13.5. The summed E-state index contributed by atoms with van der Waals surface area (Å²) in [6.45, 7) is 1.90. The Morgan fingerprint density at radius 2 is 2.26 bits per heavy atom. The van der Waals surface area contributed by atoms with Crippen molar-refractivity contribution in [3.63, 3.8) is 0 Å². The molecule has 0 N–H and O–H groups in total. The second kappa shape index (κ2) is 6.75. The lowest BCUT2D eigenvalue weighted by molar-refractivity contribution is -0.145. The molecule has 0 bridgehead atoms. The Balaban J connectivity index is 1.66. The first-order valence-electron chi connectivity index (χ1n) is 7.28. The van der Waals surface area contributed by atoms with Crippen molar-refractivity contribution in [1.29, 1.82) is 0 Å². The predicted octanol–water partition coefficient (Wildman–Crippen LogP) is 2.74. The third-order valence-corrected chi connectivity index (χ3v) is 4.25. The van der Waals surface area contributed by atoms with Gasteiger partial charge < -0.3 is 4.74 Å². The van der Waals surface area contributed by atoms with Crippen molar-refractivity contribution in [2.45, 2.75) is 26.4 Å². The molecule has 0 atom stereocenters. The molecule has 0 saturated carbocycles. The van der Waals surface area contributed by atoms with E-state index in [0.717, 1.165) is 11.1 Å². The average Bonchev–Trinajstić information content (AvgIpc) is 3.05. The van der Waals surface area contributed by atoms with Crippen LogP contribution in [0.3, 0.4) is 0 Å². The lowest BCUT2D eigenvalue weighted by Gasteiger charge is -2.07. The minimum Gasteiger partial charge on any atom is -0.459 e. The van der Waals surface area contributed by atoms with Crippen LogP contribution in [0.25, 0.3) is 5.65 Å². The number of thiophene rings is 1. The van der Waals surface area contributed by atoms with Gasteiger partial charge in [0.25, 0.3) is 5.56 Å². The molecule has 0 aliphatic heterocycles. The molecule has 0 spiro atoms. The molecule has 3 heterocycles. The highest BCUT2D eigenvalue weighted by molar-refractivity contribution is 7.07. The van der Waals surface area contributed by atoms with Gasteiger partial charge in [-0.25, -0.2) is 4.98 Å². The number of carbonyl (C=O) groups is 1. The number of hydrogen-bond donors (Lipinski definition) is 0. The highest BCUT2D eigenvalue weighted by Crippen LogP contribution is 2.10. The quantitative estimate of drug-likeness (QED) is 0.676. The molecule has 118 valence electrons. The summed E-state index contributed by atoms with van der Waals surface area (Å²) in [5.74, 6) is -0.289. The largest absolute Gasteiger partial charge is 0.459 e. The van der Waals surface area contributed by atoms with Crippen molar-refractivity contribution in [3.8, 4) is 0 Å². The number of pyridine rings is 1. The molecule has 0 fully saturated rings. The first-order chi connectivity index (χ1) is 11.1. The normalized spacial score (nSPS) is 10.8. The molecule has 5 nitrogen and oxygen atoms in total. The van der Waals surface area contributed by atoms with Gasteiger partial charge in [0.05, 0.1) is 5.69 Å². The van der Waals surface area contributed by atoms with Crippen LogP contribution in [0, 0.1) is 6.92 Å².